The van der Waals surface area contributed by atoms with Crippen molar-refractivity contribution in [3.8, 4) is 0 Å². The fourth-order valence-electron chi connectivity index (χ4n) is 2.91. The molecule has 0 spiro atoms. The van der Waals surface area contributed by atoms with Gasteiger partial charge >= 0.3 is 0 Å². The van der Waals surface area contributed by atoms with E-state index in [4.69, 9.17) is 4.52 Å². The van der Waals surface area contributed by atoms with E-state index in [0.717, 1.165) is 18.8 Å². The first-order valence-corrected chi connectivity index (χ1v) is 7.42. The largest absolute Gasteiger partial charge is 0.339 e. The summed E-state index contributed by atoms with van der Waals surface area (Å²) in [6.07, 6.45) is 2.96. The van der Waals surface area contributed by atoms with Crippen LogP contribution in [0.5, 0.6) is 0 Å². The van der Waals surface area contributed by atoms with E-state index in [1.807, 2.05) is 0 Å². The molecule has 21 heavy (non-hydrogen) atoms. The normalized spacial score (nSPS) is 18.4. The Bertz CT molecular complexity index is 759. The van der Waals surface area contributed by atoms with Crippen LogP contribution in [-0.4, -0.2) is 16.7 Å². The van der Waals surface area contributed by atoms with Gasteiger partial charge in [-0.1, -0.05) is 47.6 Å². The second kappa shape index (κ2) is 5.30. The second-order valence-electron chi connectivity index (χ2n) is 5.55. The SMILES string of the molecule is c1ccc2cc(Cc3nc(C4CCCN4)no3)ccc2c1. The number of fused-ring (bicyclic) bond motifs is 1. The van der Waals surface area contributed by atoms with Gasteiger partial charge in [-0.3, -0.25) is 0 Å². The summed E-state index contributed by atoms with van der Waals surface area (Å²) < 4.78 is 5.39. The summed E-state index contributed by atoms with van der Waals surface area (Å²) in [7, 11) is 0. The van der Waals surface area contributed by atoms with Gasteiger partial charge in [0.25, 0.3) is 0 Å². The van der Waals surface area contributed by atoms with E-state index in [1.54, 1.807) is 0 Å². The summed E-state index contributed by atoms with van der Waals surface area (Å²) in [6, 6.07) is 15.1. The zero-order valence-corrected chi connectivity index (χ0v) is 11.7. The molecule has 106 valence electrons. The van der Waals surface area contributed by atoms with Crippen molar-refractivity contribution < 1.29 is 4.52 Å². The van der Waals surface area contributed by atoms with Gasteiger partial charge in [-0.25, -0.2) is 0 Å². The zero-order valence-electron chi connectivity index (χ0n) is 11.7. The van der Waals surface area contributed by atoms with Crippen LogP contribution in [0.3, 0.4) is 0 Å². The number of nitrogens with one attached hydrogen (secondary N) is 1. The van der Waals surface area contributed by atoms with Crippen LogP contribution in [0.2, 0.25) is 0 Å². The molecular formula is C17H17N3O. The average molecular weight is 279 g/mol. The topological polar surface area (TPSA) is 51.0 Å². The fourth-order valence-corrected chi connectivity index (χ4v) is 2.91. The smallest absolute Gasteiger partial charge is 0.231 e. The molecule has 3 aromatic rings. The Morgan fingerprint density at radius 1 is 1.14 bits per heavy atom. The fraction of sp³-hybridized carbons (Fsp3) is 0.294. The van der Waals surface area contributed by atoms with E-state index in [1.165, 1.54) is 22.8 Å². The van der Waals surface area contributed by atoms with Crippen LogP contribution in [0, 0.1) is 0 Å². The van der Waals surface area contributed by atoms with E-state index in [2.05, 4.69) is 57.9 Å². The highest BCUT2D eigenvalue weighted by Gasteiger charge is 2.21. The predicted molar refractivity (Wildman–Crippen MR) is 81.0 cm³/mol. The summed E-state index contributed by atoms with van der Waals surface area (Å²) in [4.78, 5) is 4.53. The standard InChI is InChI=1S/C17H17N3O/c1-2-5-14-10-12(7-8-13(14)4-1)11-16-19-17(20-21-16)15-6-3-9-18-15/h1-2,4-5,7-8,10,15,18H,3,6,9,11H2. The Morgan fingerprint density at radius 2 is 2.05 bits per heavy atom. The first-order chi connectivity index (χ1) is 10.4. The van der Waals surface area contributed by atoms with E-state index >= 15 is 0 Å². The summed E-state index contributed by atoms with van der Waals surface area (Å²) in [6.45, 7) is 1.04. The highest BCUT2D eigenvalue weighted by Crippen LogP contribution is 2.22. The van der Waals surface area contributed by atoms with Crippen LogP contribution in [0.25, 0.3) is 10.8 Å². The number of benzene rings is 2. The summed E-state index contributed by atoms with van der Waals surface area (Å²) in [5.41, 5.74) is 1.20. The van der Waals surface area contributed by atoms with Gasteiger partial charge in [0, 0.05) is 0 Å². The third kappa shape index (κ3) is 2.54. The molecule has 4 heteroatoms. The highest BCUT2D eigenvalue weighted by molar-refractivity contribution is 5.83. The third-order valence-electron chi connectivity index (χ3n) is 4.03. The van der Waals surface area contributed by atoms with E-state index in [0.29, 0.717) is 12.3 Å². The van der Waals surface area contributed by atoms with Crippen molar-refractivity contribution in [3.63, 3.8) is 0 Å². The molecule has 0 saturated carbocycles. The van der Waals surface area contributed by atoms with Crippen LogP contribution in [0.4, 0.5) is 0 Å². The molecule has 0 aliphatic carbocycles. The van der Waals surface area contributed by atoms with Gasteiger partial charge < -0.3 is 9.84 Å². The molecule has 1 aromatic heterocycles. The van der Waals surface area contributed by atoms with Gasteiger partial charge in [0.05, 0.1) is 12.5 Å². The molecule has 0 amide bonds. The minimum absolute atomic E-state index is 0.263. The molecule has 1 N–H and O–H groups in total. The highest BCUT2D eigenvalue weighted by atomic mass is 16.5. The first kappa shape index (κ1) is 12.5. The molecule has 1 fully saturated rings. The van der Waals surface area contributed by atoms with Gasteiger partial charge in [-0.05, 0) is 35.7 Å². The average Bonchev–Trinajstić information content (AvgIpc) is 3.18. The number of aromatic nitrogens is 2. The van der Waals surface area contributed by atoms with Crippen molar-refractivity contribution in [2.45, 2.75) is 25.3 Å². The van der Waals surface area contributed by atoms with Crippen molar-refractivity contribution >= 4 is 10.8 Å². The first-order valence-electron chi connectivity index (χ1n) is 7.42. The molecule has 2 aromatic carbocycles. The number of rotatable bonds is 3. The van der Waals surface area contributed by atoms with Gasteiger partial charge in [0.2, 0.25) is 5.89 Å². The van der Waals surface area contributed by atoms with Crippen molar-refractivity contribution in [1.29, 1.82) is 0 Å². The van der Waals surface area contributed by atoms with Gasteiger partial charge in [0.1, 0.15) is 0 Å². The van der Waals surface area contributed by atoms with E-state index in [9.17, 15) is 0 Å². The number of nitrogens with zero attached hydrogens (tertiary/aromatic N) is 2. The Hall–Kier alpha value is -2.20. The third-order valence-corrected chi connectivity index (χ3v) is 4.03. The number of hydrogen-bond donors (Lipinski definition) is 1. The lowest BCUT2D eigenvalue weighted by Gasteiger charge is -2.02. The summed E-state index contributed by atoms with van der Waals surface area (Å²) in [5.74, 6) is 1.48. The van der Waals surface area contributed by atoms with E-state index in [-0.39, 0.29) is 6.04 Å². The van der Waals surface area contributed by atoms with Crippen molar-refractivity contribution in [2.24, 2.45) is 0 Å². The van der Waals surface area contributed by atoms with Gasteiger partial charge in [-0.15, -0.1) is 0 Å². The van der Waals surface area contributed by atoms with Crippen LogP contribution in [0.15, 0.2) is 47.0 Å². The summed E-state index contributed by atoms with van der Waals surface area (Å²) in [5, 5.41) is 9.99. The minimum atomic E-state index is 0.263. The molecule has 1 aliphatic rings. The van der Waals surface area contributed by atoms with Crippen LogP contribution in [-0.2, 0) is 6.42 Å². The molecule has 4 nitrogen and oxygen atoms in total. The monoisotopic (exact) mass is 279 g/mol. The molecule has 1 saturated heterocycles. The Kier molecular flexibility index (Phi) is 3.16. The maximum Gasteiger partial charge on any atom is 0.231 e. The predicted octanol–water partition coefficient (Wildman–Crippen LogP) is 3.24. The molecule has 1 unspecified atom stereocenters. The van der Waals surface area contributed by atoms with Crippen LogP contribution < -0.4 is 5.32 Å². The Labute approximate surface area is 123 Å². The molecular weight excluding hydrogens is 262 g/mol. The van der Waals surface area contributed by atoms with Crippen molar-refractivity contribution in [2.75, 3.05) is 6.54 Å². The quantitative estimate of drug-likeness (QED) is 0.799. The maximum absolute atomic E-state index is 5.39. The molecule has 1 aliphatic heterocycles. The zero-order chi connectivity index (χ0) is 14.1. The second-order valence-corrected chi connectivity index (χ2v) is 5.55. The van der Waals surface area contributed by atoms with Gasteiger partial charge in [-0.2, -0.15) is 4.98 Å². The lowest BCUT2D eigenvalue weighted by molar-refractivity contribution is 0.373. The Morgan fingerprint density at radius 3 is 2.90 bits per heavy atom. The minimum Gasteiger partial charge on any atom is -0.339 e. The van der Waals surface area contributed by atoms with E-state index < -0.39 is 0 Å². The lowest BCUT2D eigenvalue weighted by atomic mass is 10.1. The number of hydrogen-bond acceptors (Lipinski definition) is 4. The lowest BCUT2D eigenvalue weighted by Crippen LogP contribution is -2.14. The van der Waals surface area contributed by atoms with Crippen molar-refractivity contribution in [3.05, 3.63) is 59.7 Å². The Balaban J connectivity index is 1.56. The summed E-state index contributed by atoms with van der Waals surface area (Å²) >= 11 is 0. The van der Waals surface area contributed by atoms with Crippen LogP contribution in [0.1, 0.15) is 36.2 Å². The van der Waals surface area contributed by atoms with Crippen molar-refractivity contribution in [1.82, 2.24) is 15.5 Å². The molecule has 4 rings (SSSR count). The maximum atomic E-state index is 5.39. The van der Waals surface area contributed by atoms with Crippen LogP contribution >= 0.6 is 0 Å². The molecule has 0 bridgehead atoms. The molecule has 1 atom stereocenters. The van der Waals surface area contributed by atoms with Gasteiger partial charge in [0.15, 0.2) is 5.82 Å². The molecule has 0 radical (unpaired) electrons. The molecule has 2 heterocycles.